The third-order valence-electron chi connectivity index (χ3n) is 5.98. The Morgan fingerprint density at radius 3 is 2.53 bits per heavy atom. The van der Waals surface area contributed by atoms with E-state index >= 15 is 0 Å². The molecule has 4 rings (SSSR count). The van der Waals surface area contributed by atoms with Crippen LogP contribution in [0.25, 0.3) is 0 Å². The lowest BCUT2D eigenvalue weighted by Crippen LogP contribution is -2.47. The van der Waals surface area contributed by atoms with Crippen LogP contribution in [0.3, 0.4) is 0 Å². The van der Waals surface area contributed by atoms with Gasteiger partial charge in [-0.25, -0.2) is 4.98 Å². The zero-order valence-electron chi connectivity index (χ0n) is 18.8. The van der Waals surface area contributed by atoms with Crippen LogP contribution < -0.4 is 0 Å². The third-order valence-corrected chi connectivity index (χ3v) is 6.54. The Morgan fingerprint density at radius 1 is 1.12 bits per heavy atom. The van der Waals surface area contributed by atoms with Crippen LogP contribution in [0.2, 0.25) is 10.0 Å². The first-order chi connectivity index (χ1) is 16.4. The van der Waals surface area contributed by atoms with Crippen molar-refractivity contribution >= 4 is 29.0 Å². The average molecular weight is 498 g/mol. The molecule has 0 radical (unpaired) electrons. The topological polar surface area (TPSA) is 67.4 Å². The fourth-order valence-corrected chi connectivity index (χ4v) is 4.64. The summed E-state index contributed by atoms with van der Waals surface area (Å²) in [5.74, 6) is 6.94. The summed E-state index contributed by atoms with van der Waals surface area (Å²) in [6.07, 6.45) is 1.26. The molecule has 0 N–H and O–H groups in total. The molecule has 1 aromatic heterocycles. The lowest BCUT2D eigenvalue weighted by Gasteiger charge is -2.38. The number of benzene rings is 2. The summed E-state index contributed by atoms with van der Waals surface area (Å²) in [5.41, 5.74) is 2.18. The minimum atomic E-state index is -0.443. The van der Waals surface area contributed by atoms with Gasteiger partial charge in [-0.1, -0.05) is 71.4 Å². The Balaban J connectivity index is 1.53. The van der Waals surface area contributed by atoms with Gasteiger partial charge in [0.2, 0.25) is 0 Å². The Morgan fingerprint density at radius 2 is 1.85 bits per heavy atom. The number of rotatable bonds is 6. The lowest BCUT2D eigenvalue weighted by atomic mass is 10.0. The molecule has 2 heterocycles. The van der Waals surface area contributed by atoms with Gasteiger partial charge >= 0.3 is 5.82 Å². The van der Waals surface area contributed by atoms with Crippen LogP contribution in [-0.2, 0) is 13.1 Å². The predicted molar refractivity (Wildman–Crippen MR) is 134 cm³/mol. The standard InChI is InChI=1S/C25H25Cl2N5O2/c1-19-28-17-25(32(33)34)31(19)11-5-8-24(22-10-9-21(26)16-23(22)27)30-14-12-29(13-15-30)18-20-6-3-2-4-7-20/h2-4,6-7,9-10,16-17,24H,11-15,18H2,1H3. The molecular weight excluding hydrogens is 473 g/mol. The van der Waals surface area contributed by atoms with Gasteiger partial charge in [0, 0.05) is 55.3 Å². The van der Waals surface area contributed by atoms with Crippen LogP contribution in [0.4, 0.5) is 5.82 Å². The number of piperazine rings is 1. The summed E-state index contributed by atoms with van der Waals surface area (Å²) >= 11 is 12.7. The molecule has 0 saturated carbocycles. The van der Waals surface area contributed by atoms with Crippen molar-refractivity contribution in [3.63, 3.8) is 0 Å². The van der Waals surface area contributed by atoms with Crippen LogP contribution in [0, 0.1) is 28.9 Å². The molecule has 1 unspecified atom stereocenters. The second-order valence-electron chi connectivity index (χ2n) is 8.19. The van der Waals surface area contributed by atoms with Gasteiger partial charge in [0.05, 0.1) is 6.04 Å². The molecule has 0 aliphatic carbocycles. The van der Waals surface area contributed by atoms with Crippen molar-refractivity contribution in [2.75, 3.05) is 26.2 Å². The van der Waals surface area contributed by atoms with Crippen LogP contribution in [0.15, 0.2) is 54.7 Å². The molecule has 1 fully saturated rings. The van der Waals surface area contributed by atoms with Gasteiger partial charge in [-0.15, -0.1) is 0 Å². The molecule has 0 bridgehead atoms. The van der Waals surface area contributed by atoms with E-state index in [1.165, 1.54) is 16.3 Å². The summed E-state index contributed by atoms with van der Waals surface area (Å²) in [5, 5.41) is 12.4. The van der Waals surface area contributed by atoms with Gasteiger partial charge in [-0.3, -0.25) is 9.80 Å². The maximum Gasteiger partial charge on any atom is 0.343 e. The summed E-state index contributed by atoms with van der Waals surface area (Å²) in [6.45, 7) is 6.29. The summed E-state index contributed by atoms with van der Waals surface area (Å²) in [4.78, 5) is 19.6. The van der Waals surface area contributed by atoms with E-state index in [1.807, 2.05) is 18.2 Å². The van der Waals surface area contributed by atoms with Crippen molar-refractivity contribution in [2.45, 2.75) is 26.1 Å². The van der Waals surface area contributed by atoms with E-state index in [4.69, 9.17) is 23.2 Å². The normalized spacial score (nSPS) is 15.5. The minimum absolute atomic E-state index is 0.0672. The molecule has 1 aliphatic rings. The van der Waals surface area contributed by atoms with Crippen molar-refractivity contribution in [3.05, 3.63) is 91.8 Å². The molecule has 3 aromatic rings. The molecule has 0 amide bonds. The molecule has 9 heteroatoms. The molecule has 34 heavy (non-hydrogen) atoms. The zero-order valence-corrected chi connectivity index (χ0v) is 20.3. The largest absolute Gasteiger partial charge is 0.358 e. The second-order valence-corrected chi connectivity index (χ2v) is 9.04. The predicted octanol–water partition coefficient (Wildman–Crippen LogP) is 4.97. The summed E-state index contributed by atoms with van der Waals surface area (Å²) < 4.78 is 1.51. The van der Waals surface area contributed by atoms with Gasteiger partial charge in [0.15, 0.2) is 12.4 Å². The highest BCUT2D eigenvalue weighted by molar-refractivity contribution is 6.35. The van der Waals surface area contributed by atoms with Crippen molar-refractivity contribution in [2.24, 2.45) is 0 Å². The van der Waals surface area contributed by atoms with Crippen LogP contribution in [0.5, 0.6) is 0 Å². The Kier molecular flexibility index (Phi) is 7.86. The zero-order chi connectivity index (χ0) is 24.1. The lowest BCUT2D eigenvalue weighted by molar-refractivity contribution is -0.392. The second kappa shape index (κ2) is 11.0. The number of imidazole rings is 1. The number of hydrogen-bond donors (Lipinski definition) is 0. The van der Waals surface area contributed by atoms with Crippen LogP contribution in [0.1, 0.15) is 23.0 Å². The molecule has 1 aliphatic heterocycles. The van der Waals surface area contributed by atoms with Gasteiger partial charge in [-0.05, 0) is 22.6 Å². The van der Waals surface area contributed by atoms with E-state index in [0.717, 1.165) is 38.3 Å². The molecule has 7 nitrogen and oxygen atoms in total. The average Bonchev–Trinajstić information content (AvgIpc) is 3.19. The fourth-order valence-electron chi connectivity index (χ4n) is 4.13. The number of halogens is 2. The van der Waals surface area contributed by atoms with Crippen molar-refractivity contribution in [1.29, 1.82) is 0 Å². The number of hydrogen-bond acceptors (Lipinski definition) is 5. The van der Waals surface area contributed by atoms with E-state index in [2.05, 4.69) is 50.9 Å². The maximum absolute atomic E-state index is 11.3. The van der Waals surface area contributed by atoms with Gasteiger partial charge in [-0.2, -0.15) is 4.57 Å². The van der Waals surface area contributed by atoms with Crippen LogP contribution >= 0.6 is 23.2 Å². The van der Waals surface area contributed by atoms with E-state index in [-0.39, 0.29) is 18.4 Å². The van der Waals surface area contributed by atoms with Gasteiger partial charge in [0.1, 0.15) is 6.20 Å². The molecule has 0 spiro atoms. The number of aromatic nitrogens is 2. The quantitative estimate of drug-likeness (QED) is 0.273. The van der Waals surface area contributed by atoms with E-state index in [9.17, 15) is 10.1 Å². The van der Waals surface area contributed by atoms with E-state index < -0.39 is 4.92 Å². The fraction of sp³-hybridized carbons (Fsp3) is 0.320. The molecule has 2 aromatic carbocycles. The first kappa shape index (κ1) is 24.2. The number of aryl methyl sites for hydroxylation is 1. The molecule has 1 atom stereocenters. The smallest absolute Gasteiger partial charge is 0.343 e. The Bertz CT molecular complexity index is 1210. The number of nitrogens with zero attached hydrogens (tertiary/aromatic N) is 5. The third kappa shape index (κ3) is 5.78. The van der Waals surface area contributed by atoms with Crippen molar-refractivity contribution < 1.29 is 4.92 Å². The van der Waals surface area contributed by atoms with Crippen molar-refractivity contribution in [1.82, 2.24) is 19.4 Å². The Labute approximate surface area is 209 Å². The first-order valence-electron chi connectivity index (χ1n) is 11.0. The van der Waals surface area contributed by atoms with Crippen LogP contribution in [-0.4, -0.2) is 50.5 Å². The summed E-state index contributed by atoms with van der Waals surface area (Å²) in [6, 6.07) is 15.6. The SMILES string of the molecule is Cc1ncc([N+](=O)[O-])n1CC#CC(c1ccc(Cl)cc1Cl)N1CCN(Cc2ccccc2)CC1. The van der Waals surface area contributed by atoms with Gasteiger partial charge < -0.3 is 10.1 Å². The highest BCUT2D eigenvalue weighted by atomic mass is 35.5. The molecular formula is C25H25Cl2N5O2. The summed E-state index contributed by atoms with van der Waals surface area (Å²) in [7, 11) is 0. The number of nitro groups is 1. The first-order valence-corrected chi connectivity index (χ1v) is 11.8. The maximum atomic E-state index is 11.3. The van der Waals surface area contributed by atoms with Gasteiger partial charge in [0.25, 0.3) is 0 Å². The van der Waals surface area contributed by atoms with E-state index in [1.54, 1.807) is 13.0 Å². The molecule has 176 valence electrons. The minimum Gasteiger partial charge on any atom is -0.358 e. The highest BCUT2D eigenvalue weighted by Crippen LogP contribution is 2.30. The molecule has 1 saturated heterocycles. The Hall–Kier alpha value is -2.89. The monoisotopic (exact) mass is 497 g/mol. The van der Waals surface area contributed by atoms with Crippen molar-refractivity contribution in [3.8, 4) is 11.8 Å². The highest BCUT2D eigenvalue weighted by Gasteiger charge is 2.26. The van der Waals surface area contributed by atoms with E-state index in [0.29, 0.717) is 15.9 Å².